The SMILES string of the molecule is CCCCCCCCC(O)C(O)CCCCCCCCNC(=O)c1ccc(CO)c(NS(=O)(=O)c2cccc(N)c2)c1. The third-order valence-corrected chi connectivity index (χ3v) is 8.83. The zero-order chi connectivity index (χ0) is 30.8. The first-order valence-corrected chi connectivity index (χ1v) is 16.9. The van der Waals surface area contributed by atoms with E-state index >= 15 is 0 Å². The molecular weight excluding hydrogens is 554 g/mol. The number of nitrogens with two attached hydrogens (primary N) is 1. The molecule has 0 aliphatic rings. The fourth-order valence-electron chi connectivity index (χ4n) is 4.84. The van der Waals surface area contributed by atoms with Gasteiger partial charge < -0.3 is 26.4 Å². The second-order valence-corrected chi connectivity index (χ2v) is 12.7. The van der Waals surface area contributed by atoms with E-state index in [0.717, 1.165) is 51.4 Å². The second-order valence-electron chi connectivity index (χ2n) is 11.1. The molecule has 0 saturated heterocycles. The smallest absolute Gasteiger partial charge is 0.261 e. The molecule has 2 unspecified atom stereocenters. The maximum atomic E-state index is 12.8. The number of carbonyl (C=O) groups excluding carboxylic acids is 1. The first kappa shape index (κ1) is 35.5. The van der Waals surface area contributed by atoms with Gasteiger partial charge in [-0.3, -0.25) is 9.52 Å². The van der Waals surface area contributed by atoms with Crippen LogP contribution >= 0.6 is 0 Å². The van der Waals surface area contributed by atoms with Crippen molar-refractivity contribution in [2.45, 2.75) is 121 Å². The third kappa shape index (κ3) is 13.1. The summed E-state index contributed by atoms with van der Waals surface area (Å²) in [6.07, 6.45) is 12.8. The van der Waals surface area contributed by atoms with Crippen molar-refractivity contribution in [1.82, 2.24) is 5.32 Å². The number of aliphatic hydroxyl groups excluding tert-OH is 3. The predicted molar refractivity (Wildman–Crippen MR) is 169 cm³/mol. The highest BCUT2D eigenvalue weighted by molar-refractivity contribution is 7.92. The molecule has 0 spiro atoms. The van der Waals surface area contributed by atoms with Gasteiger partial charge in [0.2, 0.25) is 0 Å². The summed E-state index contributed by atoms with van der Waals surface area (Å²) in [5, 5.41) is 32.9. The van der Waals surface area contributed by atoms with Crippen LogP contribution in [0, 0.1) is 0 Å². The summed E-state index contributed by atoms with van der Waals surface area (Å²) in [6.45, 7) is 2.30. The Morgan fingerprint density at radius 2 is 1.43 bits per heavy atom. The van der Waals surface area contributed by atoms with Crippen LogP contribution in [-0.4, -0.2) is 48.4 Å². The van der Waals surface area contributed by atoms with Crippen molar-refractivity contribution in [3.05, 3.63) is 53.6 Å². The Hall–Kier alpha value is -2.66. The quantitative estimate of drug-likeness (QED) is 0.0763. The van der Waals surface area contributed by atoms with Crippen molar-refractivity contribution in [1.29, 1.82) is 0 Å². The standard InChI is InChI=1S/C32H51N3O6S/c1-2-3-4-5-8-11-17-30(37)31(38)18-12-9-6-7-10-13-21-34-32(39)25-19-20-26(24-36)29(22-25)35-42(40,41)28-16-14-15-27(33)23-28/h14-16,19-20,22-23,30-31,35-38H,2-13,17-18,21,24,33H2,1H3,(H,34,39). The van der Waals surface area contributed by atoms with Crippen molar-refractivity contribution in [3.8, 4) is 0 Å². The zero-order valence-electron chi connectivity index (χ0n) is 25.1. The number of anilines is 2. The van der Waals surface area contributed by atoms with Gasteiger partial charge in [0.05, 0.1) is 29.4 Å². The summed E-state index contributed by atoms with van der Waals surface area (Å²) in [4.78, 5) is 12.7. The molecule has 42 heavy (non-hydrogen) atoms. The predicted octanol–water partition coefficient (Wildman–Crippen LogP) is 5.49. The fraction of sp³-hybridized carbons (Fsp3) is 0.594. The van der Waals surface area contributed by atoms with Crippen molar-refractivity contribution in [2.75, 3.05) is 17.0 Å². The van der Waals surface area contributed by atoms with E-state index in [2.05, 4.69) is 17.0 Å². The van der Waals surface area contributed by atoms with Gasteiger partial charge in [0.25, 0.3) is 15.9 Å². The van der Waals surface area contributed by atoms with Crippen LogP contribution in [0.4, 0.5) is 11.4 Å². The molecule has 2 aromatic carbocycles. The van der Waals surface area contributed by atoms with Crippen LogP contribution in [0.3, 0.4) is 0 Å². The molecule has 0 radical (unpaired) electrons. The van der Waals surface area contributed by atoms with E-state index in [0.29, 0.717) is 30.6 Å². The van der Waals surface area contributed by atoms with Gasteiger partial charge in [-0.05, 0) is 49.6 Å². The summed E-state index contributed by atoms with van der Waals surface area (Å²) in [7, 11) is -3.96. The molecule has 7 N–H and O–H groups in total. The first-order chi connectivity index (χ1) is 20.2. The Balaban J connectivity index is 1.65. The summed E-state index contributed by atoms with van der Waals surface area (Å²) in [5.41, 5.74) is 6.78. The highest BCUT2D eigenvalue weighted by Gasteiger charge is 2.18. The van der Waals surface area contributed by atoms with E-state index in [4.69, 9.17) is 5.73 Å². The van der Waals surface area contributed by atoms with E-state index < -0.39 is 28.8 Å². The minimum atomic E-state index is -3.96. The Kier molecular flexibility index (Phi) is 16.5. The van der Waals surface area contributed by atoms with Gasteiger partial charge in [-0.2, -0.15) is 0 Å². The van der Waals surface area contributed by atoms with E-state index in [1.54, 1.807) is 12.1 Å². The van der Waals surface area contributed by atoms with Gasteiger partial charge in [-0.25, -0.2) is 8.42 Å². The average molecular weight is 606 g/mol. The monoisotopic (exact) mass is 605 g/mol. The normalized spacial score (nSPS) is 13.0. The van der Waals surface area contributed by atoms with Crippen LogP contribution in [0.15, 0.2) is 47.4 Å². The topological polar surface area (TPSA) is 162 Å². The molecule has 0 fully saturated rings. The lowest BCUT2D eigenvalue weighted by molar-refractivity contribution is 0.00712. The van der Waals surface area contributed by atoms with Crippen molar-refractivity contribution in [3.63, 3.8) is 0 Å². The van der Waals surface area contributed by atoms with Crippen LogP contribution in [-0.2, 0) is 16.6 Å². The van der Waals surface area contributed by atoms with Crippen molar-refractivity contribution in [2.24, 2.45) is 0 Å². The molecule has 9 nitrogen and oxygen atoms in total. The van der Waals surface area contributed by atoms with Crippen LogP contribution in [0.2, 0.25) is 0 Å². The van der Waals surface area contributed by atoms with Gasteiger partial charge in [-0.1, -0.05) is 89.7 Å². The van der Waals surface area contributed by atoms with Gasteiger partial charge in [-0.15, -0.1) is 0 Å². The maximum absolute atomic E-state index is 12.8. The minimum absolute atomic E-state index is 0.0153. The van der Waals surface area contributed by atoms with Crippen molar-refractivity contribution < 1.29 is 28.5 Å². The van der Waals surface area contributed by atoms with Crippen LogP contribution < -0.4 is 15.8 Å². The summed E-state index contributed by atoms with van der Waals surface area (Å²) in [6, 6.07) is 10.4. The third-order valence-electron chi connectivity index (χ3n) is 7.46. The molecule has 0 saturated carbocycles. The molecular formula is C32H51N3O6S. The number of nitrogens with one attached hydrogen (secondary N) is 2. The molecule has 236 valence electrons. The molecule has 10 heteroatoms. The summed E-state index contributed by atoms with van der Waals surface area (Å²) < 4.78 is 28.1. The van der Waals surface area contributed by atoms with Crippen LogP contribution in [0.1, 0.15) is 113 Å². The number of hydrogen-bond donors (Lipinski definition) is 6. The molecule has 2 atom stereocenters. The highest BCUT2D eigenvalue weighted by Crippen LogP contribution is 2.23. The van der Waals surface area contributed by atoms with E-state index in [1.807, 2.05) is 0 Å². The van der Waals surface area contributed by atoms with Gasteiger partial charge in [0.15, 0.2) is 0 Å². The Morgan fingerprint density at radius 3 is 2.02 bits per heavy atom. The average Bonchev–Trinajstić information content (AvgIpc) is 2.97. The van der Waals surface area contributed by atoms with Gasteiger partial charge >= 0.3 is 0 Å². The lowest BCUT2D eigenvalue weighted by Gasteiger charge is -2.17. The maximum Gasteiger partial charge on any atom is 0.261 e. The fourth-order valence-corrected chi connectivity index (χ4v) is 5.99. The Morgan fingerprint density at radius 1 is 0.833 bits per heavy atom. The van der Waals surface area contributed by atoms with Crippen molar-refractivity contribution >= 4 is 27.3 Å². The molecule has 2 rings (SSSR count). The number of amides is 1. The molecule has 0 heterocycles. The van der Waals surface area contributed by atoms with Gasteiger partial charge in [0, 0.05) is 23.4 Å². The lowest BCUT2D eigenvalue weighted by Crippen LogP contribution is -2.25. The number of rotatable bonds is 22. The number of hydrogen-bond acceptors (Lipinski definition) is 7. The first-order valence-electron chi connectivity index (χ1n) is 15.4. The number of unbranched alkanes of at least 4 members (excludes halogenated alkanes) is 10. The van der Waals surface area contributed by atoms with Gasteiger partial charge in [0.1, 0.15) is 0 Å². The summed E-state index contributed by atoms with van der Waals surface area (Å²) in [5.74, 6) is -0.322. The number of benzene rings is 2. The highest BCUT2D eigenvalue weighted by atomic mass is 32.2. The largest absolute Gasteiger partial charge is 0.399 e. The number of nitrogen functional groups attached to an aromatic ring is 1. The molecule has 1 amide bonds. The number of aliphatic hydroxyl groups is 3. The van der Waals surface area contributed by atoms with E-state index in [-0.39, 0.29) is 22.1 Å². The minimum Gasteiger partial charge on any atom is -0.399 e. The number of sulfonamides is 1. The van der Waals surface area contributed by atoms with E-state index in [1.165, 1.54) is 56.0 Å². The molecule has 0 aromatic heterocycles. The lowest BCUT2D eigenvalue weighted by atomic mass is 9.99. The summed E-state index contributed by atoms with van der Waals surface area (Å²) >= 11 is 0. The second kappa shape index (κ2) is 19.5. The molecule has 0 aliphatic heterocycles. The molecule has 2 aromatic rings. The molecule has 0 bridgehead atoms. The molecule has 0 aliphatic carbocycles. The zero-order valence-corrected chi connectivity index (χ0v) is 25.9. The van der Waals surface area contributed by atoms with E-state index in [9.17, 15) is 28.5 Å². The van der Waals surface area contributed by atoms with Crippen LogP contribution in [0.5, 0.6) is 0 Å². The number of carbonyl (C=O) groups is 1. The Labute approximate surface area is 252 Å². The van der Waals surface area contributed by atoms with Crippen LogP contribution in [0.25, 0.3) is 0 Å². The Bertz CT molecular complexity index is 1170.